The molecule has 2 saturated heterocycles. The van der Waals surface area contributed by atoms with E-state index < -0.39 is 28.2 Å². The number of sulfonamides is 1. The lowest BCUT2D eigenvalue weighted by Gasteiger charge is -2.42. The number of piperazine rings is 1. The monoisotopic (exact) mass is 779 g/mol. The molecule has 2 aliphatic heterocycles. The predicted molar refractivity (Wildman–Crippen MR) is 194 cm³/mol. The summed E-state index contributed by atoms with van der Waals surface area (Å²) in [7, 11) is -3.93. The van der Waals surface area contributed by atoms with Crippen LogP contribution in [0.1, 0.15) is 50.5 Å². The molecule has 16 heteroatoms. The molecular weight excluding hydrogens is 735 g/mol. The van der Waals surface area contributed by atoms with E-state index in [0.717, 1.165) is 16.8 Å². The highest BCUT2D eigenvalue weighted by atomic mass is 35.5. The van der Waals surface area contributed by atoms with E-state index >= 15 is 0 Å². The summed E-state index contributed by atoms with van der Waals surface area (Å²) in [5, 5.41) is 7.72. The van der Waals surface area contributed by atoms with Crippen LogP contribution in [0.2, 0.25) is 5.02 Å². The van der Waals surface area contributed by atoms with Crippen LogP contribution in [0.3, 0.4) is 0 Å². The number of nitrogens with two attached hydrogens (primary N) is 1. The van der Waals surface area contributed by atoms with Gasteiger partial charge in [0.2, 0.25) is 15.9 Å². The summed E-state index contributed by atoms with van der Waals surface area (Å²) >= 11 is 5.99. The minimum Gasteiger partial charge on any atom is -0.493 e. The first-order valence-electron chi connectivity index (χ1n) is 17.7. The van der Waals surface area contributed by atoms with Crippen molar-refractivity contribution in [2.24, 2.45) is 11.7 Å². The van der Waals surface area contributed by atoms with Crippen molar-refractivity contribution in [3.63, 3.8) is 0 Å². The minimum atomic E-state index is -5.08. The lowest BCUT2D eigenvalue weighted by molar-refractivity contribution is -0.192. The molecule has 1 aromatic heterocycles. The molecule has 1 aliphatic carbocycles. The van der Waals surface area contributed by atoms with Crippen LogP contribution in [0.4, 0.5) is 13.2 Å². The average molecular weight is 780 g/mol. The second-order valence-electron chi connectivity index (χ2n) is 13.7. The van der Waals surface area contributed by atoms with Gasteiger partial charge in [-0.2, -0.15) is 17.5 Å². The molecule has 0 radical (unpaired) electrons. The van der Waals surface area contributed by atoms with Crippen molar-refractivity contribution in [1.29, 1.82) is 0 Å². The van der Waals surface area contributed by atoms with Crippen molar-refractivity contribution in [2.45, 2.75) is 74.6 Å². The molecular formula is C37H45ClF3N5O6S. The molecule has 53 heavy (non-hydrogen) atoms. The van der Waals surface area contributed by atoms with E-state index in [1.54, 1.807) is 35.4 Å². The summed E-state index contributed by atoms with van der Waals surface area (Å²) in [6, 6.07) is 17.8. The molecule has 3 fully saturated rings. The fourth-order valence-electron chi connectivity index (χ4n) is 6.78. The quantitative estimate of drug-likeness (QED) is 0.275. The Morgan fingerprint density at radius 3 is 2.13 bits per heavy atom. The maximum absolute atomic E-state index is 14.1. The van der Waals surface area contributed by atoms with Gasteiger partial charge in [0, 0.05) is 57.1 Å². The highest BCUT2D eigenvalue weighted by Crippen LogP contribution is 2.28. The number of carboxylic acid groups (broad SMARTS) is 1. The van der Waals surface area contributed by atoms with Crippen LogP contribution in [0.5, 0.6) is 5.75 Å². The Morgan fingerprint density at radius 1 is 0.906 bits per heavy atom. The fraction of sp³-hybridized carbons (Fsp3) is 0.486. The molecule has 0 spiro atoms. The SMILES string of the molecule is NC1CCN(C(=O)C2CN(Cc3ccc(-c4ccc(Cl)cn4)cc3)CCN2S(=O)(=O)c2ccc(OCC3CCCCC3)cc2)CC1.O=C(O)C(F)(F)F. The Balaban J connectivity index is 0.000000705. The summed E-state index contributed by atoms with van der Waals surface area (Å²) in [6.07, 6.45) is 4.13. The third-order valence-electron chi connectivity index (χ3n) is 9.82. The number of carbonyl (C=O) groups excluding carboxylic acids is 1. The Morgan fingerprint density at radius 2 is 1.55 bits per heavy atom. The maximum Gasteiger partial charge on any atom is 0.490 e. The first kappa shape index (κ1) is 40.4. The van der Waals surface area contributed by atoms with Gasteiger partial charge in [-0.05, 0) is 73.6 Å². The van der Waals surface area contributed by atoms with Gasteiger partial charge in [-0.15, -0.1) is 0 Å². The first-order valence-corrected chi connectivity index (χ1v) is 19.5. The molecule has 3 aromatic rings. The number of nitrogens with zero attached hydrogens (tertiary/aromatic N) is 4. The van der Waals surface area contributed by atoms with Gasteiger partial charge in [0.1, 0.15) is 11.8 Å². The van der Waals surface area contributed by atoms with Crippen molar-refractivity contribution in [3.8, 4) is 17.0 Å². The van der Waals surface area contributed by atoms with E-state index in [0.29, 0.717) is 68.9 Å². The van der Waals surface area contributed by atoms with Gasteiger partial charge in [0.05, 0.1) is 22.2 Å². The normalized spacial score (nSPS) is 19.6. The van der Waals surface area contributed by atoms with Crippen molar-refractivity contribution >= 4 is 33.5 Å². The lowest BCUT2D eigenvalue weighted by atomic mass is 9.90. The third-order valence-corrected chi connectivity index (χ3v) is 12.0. The number of benzene rings is 2. The van der Waals surface area contributed by atoms with Crippen LogP contribution in [-0.2, 0) is 26.2 Å². The number of hydrogen-bond acceptors (Lipinski definition) is 8. The Bertz CT molecular complexity index is 1770. The Hall–Kier alpha value is -3.76. The number of carbonyl (C=O) groups is 2. The number of ether oxygens (including phenoxy) is 1. The van der Waals surface area contributed by atoms with E-state index in [9.17, 15) is 26.4 Å². The Kier molecular flexibility index (Phi) is 13.8. The number of aromatic nitrogens is 1. The first-order chi connectivity index (χ1) is 25.2. The third kappa shape index (κ3) is 11.1. The van der Waals surface area contributed by atoms with E-state index in [4.69, 9.17) is 32.0 Å². The van der Waals surface area contributed by atoms with E-state index in [1.807, 2.05) is 24.3 Å². The summed E-state index contributed by atoms with van der Waals surface area (Å²) in [5.41, 5.74) is 9.01. The van der Waals surface area contributed by atoms with E-state index in [1.165, 1.54) is 36.4 Å². The fourth-order valence-corrected chi connectivity index (χ4v) is 8.46. The van der Waals surface area contributed by atoms with Crippen LogP contribution in [0.25, 0.3) is 11.3 Å². The van der Waals surface area contributed by atoms with Crippen molar-refractivity contribution in [1.82, 2.24) is 19.1 Å². The van der Waals surface area contributed by atoms with Gasteiger partial charge in [-0.1, -0.05) is 55.1 Å². The molecule has 1 saturated carbocycles. The number of hydrogen-bond donors (Lipinski definition) is 2. The summed E-state index contributed by atoms with van der Waals surface area (Å²) in [6.45, 7) is 3.38. The van der Waals surface area contributed by atoms with Crippen LogP contribution in [-0.4, -0.2) is 102 Å². The minimum absolute atomic E-state index is 0.0663. The van der Waals surface area contributed by atoms with Crippen LogP contribution in [0.15, 0.2) is 71.8 Å². The second-order valence-corrected chi connectivity index (χ2v) is 16.0. The number of aliphatic carboxylic acids is 1. The van der Waals surface area contributed by atoms with Crippen LogP contribution < -0.4 is 10.5 Å². The largest absolute Gasteiger partial charge is 0.493 e. The maximum atomic E-state index is 14.1. The molecule has 1 atom stereocenters. The number of piperidine rings is 1. The summed E-state index contributed by atoms with van der Waals surface area (Å²) in [4.78, 5) is 31.4. The zero-order valence-electron chi connectivity index (χ0n) is 29.3. The number of halogens is 4. The van der Waals surface area contributed by atoms with Gasteiger partial charge in [0.25, 0.3) is 0 Å². The number of alkyl halides is 3. The van der Waals surface area contributed by atoms with Gasteiger partial charge in [-0.25, -0.2) is 13.2 Å². The number of pyridine rings is 1. The van der Waals surface area contributed by atoms with Gasteiger partial charge in [0.15, 0.2) is 0 Å². The van der Waals surface area contributed by atoms with Crippen LogP contribution >= 0.6 is 11.6 Å². The zero-order chi connectivity index (χ0) is 38.2. The van der Waals surface area contributed by atoms with Gasteiger partial charge < -0.3 is 20.5 Å². The highest BCUT2D eigenvalue weighted by molar-refractivity contribution is 7.89. The molecule has 2 aromatic carbocycles. The van der Waals surface area contributed by atoms with Crippen LogP contribution in [0, 0.1) is 5.92 Å². The standard InChI is InChI=1S/C35H44ClN5O4S.C2HF3O2/c36-29-10-15-33(38-22-29)28-8-6-26(7-9-28)23-39-20-21-41(34(24-39)35(42)40-18-16-30(37)17-19-40)46(43,44)32-13-11-31(12-14-32)45-25-27-4-2-1-3-5-27;3-2(4,5)1(6)7/h6-15,22,27,30,34H,1-5,16-21,23-25,37H2;(H,6,7). The second kappa shape index (κ2) is 18.0. The molecule has 3 heterocycles. The molecule has 11 nitrogen and oxygen atoms in total. The van der Waals surface area contributed by atoms with E-state index in [2.05, 4.69) is 22.0 Å². The summed E-state index contributed by atoms with van der Waals surface area (Å²) < 4.78 is 67.3. The van der Waals surface area contributed by atoms with Gasteiger partial charge in [-0.3, -0.25) is 14.7 Å². The molecule has 3 N–H and O–H groups in total. The Labute approximate surface area is 312 Å². The summed E-state index contributed by atoms with van der Waals surface area (Å²) in [5.74, 6) is -1.68. The van der Waals surface area contributed by atoms with Crippen molar-refractivity contribution < 1.29 is 41.0 Å². The topological polar surface area (TPSA) is 146 Å². The highest BCUT2D eigenvalue weighted by Gasteiger charge is 2.42. The number of likely N-dealkylation sites (tertiary alicyclic amines) is 1. The predicted octanol–water partition coefficient (Wildman–Crippen LogP) is 5.82. The molecule has 0 bridgehead atoms. The van der Waals surface area contributed by atoms with Crippen molar-refractivity contribution in [2.75, 3.05) is 39.3 Å². The number of amides is 1. The van der Waals surface area contributed by atoms with Crippen molar-refractivity contribution in [3.05, 3.63) is 77.4 Å². The number of rotatable bonds is 9. The molecule has 288 valence electrons. The molecule has 1 amide bonds. The molecule has 3 aliphatic rings. The number of carboxylic acids is 1. The smallest absolute Gasteiger partial charge is 0.490 e. The van der Waals surface area contributed by atoms with E-state index in [-0.39, 0.29) is 23.4 Å². The average Bonchev–Trinajstić information content (AvgIpc) is 3.15. The molecule has 6 rings (SSSR count). The van der Waals surface area contributed by atoms with Gasteiger partial charge >= 0.3 is 12.1 Å². The lowest BCUT2D eigenvalue weighted by Crippen LogP contribution is -2.61. The molecule has 1 unspecified atom stereocenters. The zero-order valence-corrected chi connectivity index (χ0v) is 30.8.